The third-order valence-corrected chi connectivity index (χ3v) is 13.5. The highest BCUT2D eigenvalue weighted by Crippen LogP contribution is 2.52. The molecule has 1 aliphatic heterocycles. The van der Waals surface area contributed by atoms with Crippen molar-refractivity contribution in [3.8, 4) is 0 Å². The maximum Gasteiger partial charge on any atom is 0.294 e. The van der Waals surface area contributed by atoms with Gasteiger partial charge in [-0.1, -0.05) is 70.4 Å². The van der Waals surface area contributed by atoms with Gasteiger partial charge in [0.2, 0.25) is 0 Å². The first-order valence-electron chi connectivity index (χ1n) is 17.7. The summed E-state index contributed by atoms with van der Waals surface area (Å²) in [6.45, 7) is 5.88. The zero-order valence-corrected chi connectivity index (χ0v) is 34.2. The summed E-state index contributed by atoms with van der Waals surface area (Å²) in [4.78, 5) is 1.25. The van der Waals surface area contributed by atoms with Crippen LogP contribution in [-0.4, -0.2) is 81.6 Å². The maximum atomic E-state index is 12.2. The standard InChI is InChI=1S/C37H49NO13S4/c1-36(2)33-26-28(55(49,50)51)17-19-34(33)38(21-12-24-53(43,44)45)35(36)15-8-6-7-14-31-29(13-11-23-52(40,41)42)30-18-16-27(54(46,47)48)25-32(30)37(31,3)20-9-4-5-10-22-39/h6-8,14-19,25-26,39H,4-5,9-13,20-24H2,1-3H3,(H,40,41,42)(H,43,44,45)(H,46,47,48)(H,49,50,51)/b8-6+,14-7+,35-15+. The third kappa shape index (κ3) is 11.0. The molecule has 14 nitrogen and oxygen atoms in total. The Labute approximate surface area is 324 Å². The number of aliphatic hydroxyl groups is 1. The largest absolute Gasteiger partial charge is 0.396 e. The van der Waals surface area contributed by atoms with Gasteiger partial charge >= 0.3 is 0 Å². The van der Waals surface area contributed by atoms with Crippen molar-refractivity contribution in [3.63, 3.8) is 0 Å². The van der Waals surface area contributed by atoms with E-state index in [1.807, 2.05) is 31.7 Å². The summed E-state index contributed by atoms with van der Waals surface area (Å²) in [7, 11) is -17.6. The van der Waals surface area contributed by atoms with Crippen LogP contribution in [-0.2, 0) is 51.3 Å². The monoisotopic (exact) mass is 843 g/mol. The smallest absolute Gasteiger partial charge is 0.294 e. The number of allylic oxidation sites excluding steroid dienone is 8. The van der Waals surface area contributed by atoms with E-state index < -0.39 is 62.8 Å². The van der Waals surface area contributed by atoms with Crippen molar-refractivity contribution in [1.82, 2.24) is 0 Å². The fraction of sp³-hybridized carbons (Fsp3) is 0.459. The minimum absolute atomic E-state index is 0.0578. The molecule has 1 aliphatic carbocycles. The molecule has 4 rings (SSSR count). The molecule has 0 saturated carbocycles. The predicted molar refractivity (Wildman–Crippen MR) is 210 cm³/mol. The number of anilines is 1. The Morgan fingerprint density at radius 1 is 0.673 bits per heavy atom. The van der Waals surface area contributed by atoms with Crippen LogP contribution >= 0.6 is 0 Å². The van der Waals surface area contributed by atoms with Gasteiger partial charge in [-0.15, -0.1) is 0 Å². The topological polar surface area (TPSA) is 241 Å². The van der Waals surface area contributed by atoms with Crippen LogP contribution < -0.4 is 4.90 Å². The fourth-order valence-electron chi connectivity index (χ4n) is 7.55. The number of rotatable bonds is 19. The van der Waals surface area contributed by atoms with Gasteiger partial charge in [0.25, 0.3) is 40.5 Å². The fourth-order valence-corrected chi connectivity index (χ4v) is 9.57. The van der Waals surface area contributed by atoms with E-state index in [-0.39, 0.29) is 42.2 Å². The van der Waals surface area contributed by atoms with Gasteiger partial charge in [-0.3, -0.25) is 18.2 Å². The lowest BCUT2D eigenvalue weighted by Crippen LogP contribution is -2.28. The molecule has 2 aromatic carbocycles. The van der Waals surface area contributed by atoms with E-state index in [0.29, 0.717) is 47.3 Å². The number of nitrogens with zero attached hydrogens (tertiary/aromatic N) is 1. The minimum atomic E-state index is -4.55. The van der Waals surface area contributed by atoms with Crippen molar-refractivity contribution in [2.45, 2.75) is 92.8 Å². The Morgan fingerprint density at radius 2 is 1.25 bits per heavy atom. The lowest BCUT2D eigenvalue weighted by Gasteiger charge is -2.29. The van der Waals surface area contributed by atoms with E-state index in [0.717, 1.165) is 24.0 Å². The third-order valence-electron chi connectivity index (χ3n) is 10.2. The first-order valence-corrected chi connectivity index (χ1v) is 23.8. The van der Waals surface area contributed by atoms with Crippen molar-refractivity contribution in [3.05, 3.63) is 94.7 Å². The van der Waals surface area contributed by atoms with E-state index in [9.17, 15) is 57.0 Å². The molecule has 5 N–H and O–H groups in total. The van der Waals surface area contributed by atoms with Gasteiger partial charge in [-0.2, -0.15) is 33.7 Å². The van der Waals surface area contributed by atoms with Crippen molar-refractivity contribution in [1.29, 1.82) is 0 Å². The van der Waals surface area contributed by atoms with Gasteiger partial charge in [0.05, 0.1) is 21.3 Å². The molecule has 1 heterocycles. The van der Waals surface area contributed by atoms with Gasteiger partial charge in [0, 0.05) is 35.4 Å². The Bertz CT molecular complexity index is 2340. The zero-order valence-electron chi connectivity index (χ0n) is 30.9. The highest BCUT2D eigenvalue weighted by atomic mass is 32.2. The summed E-state index contributed by atoms with van der Waals surface area (Å²) in [6.07, 6.45) is 12.7. The molecule has 0 spiro atoms. The molecule has 0 amide bonds. The van der Waals surface area contributed by atoms with Crippen LogP contribution in [0.1, 0.15) is 88.8 Å². The summed E-state index contributed by atoms with van der Waals surface area (Å²) in [6, 6.07) is 8.48. The van der Waals surface area contributed by atoms with Gasteiger partial charge in [-0.05, 0) is 96.3 Å². The molecule has 55 heavy (non-hydrogen) atoms. The van der Waals surface area contributed by atoms with Gasteiger partial charge < -0.3 is 10.0 Å². The Morgan fingerprint density at radius 3 is 1.85 bits per heavy atom. The number of aliphatic hydroxyl groups excluding tert-OH is 1. The number of hydrogen-bond acceptors (Lipinski definition) is 10. The minimum Gasteiger partial charge on any atom is -0.396 e. The summed E-state index contributed by atoms with van der Waals surface area (Å²) >= 11 is 0. The normalized spacial score (nSPS) is 19.6. The van der Waals surface area contributed by atoms with Gasteiger partial charge in [-0.25, -0.2) is 0 Å². The molecular weight excluding hydrogens is 795 g/mol. The molecule has 2 aliphatic rings. The molecule has 0 saturated heterocycles. The van der Waals surface area contributed by atoms with Crippen LogP contribution in [0.5, 0.6) is 0 Å². The summed E-state index contributed by atoms with van der Waals surface area (Å²) in [5.41, 5.74) is 3.17. The Balaban J connectivity index is 1.77. The van der Waals surface area contributed by atoms with Crippen molar-refractivity contribution < 1.29 is 57.0 Å². The van der Waals surface area contributed by atoms with E-state index in [1.54, 1.807) is 30.4 Å². The second-order valence-corrected chi connectivity index (χ2v) is 20.5. The van der Waals surface area contributed by atoms with E-state index in [1.165, 1.54) is 30.3 Å². The molecule has 304 valence electrons. The zero-order chi connectivity index (χ0) is 41.0. The summed E-state index contributed by atoms with van der Waals surface area (Å²) in [5, 5.41) is 9.25. The second-order valence-electron chi connectivity index (χ2n) is 14.6. The Kier molecular flexibility index (Phi) is 13.9. The lowest BCUT2D eigenvalue weighted by molar-refractivity contribution is 0.281. The van der Waals surface area contributed by atoms with Crippen LogP contribution in [0.25, 0.3) is 5.57 Å². The van der Waals surface area contributed by atoms with Crippen molar-refractivity contribution in [2.75, 3.05) is 29.6 Å². The molecule has 1 unspecified atom stereocenters. The Hall–Kier alpha value is -3.20. The second kappa shape index (κ2) is 17.1. The van der Waals surface area contributed by atoms with Crippen LogP contribution in [0.4, 0.5) is 5.69 Å². The SMILES string of the molecule is CC1(CCCCCCO)C(/C=C/C=C/C=C2/N(CCCS(=O)(=O)O)c3ccc(S(=O)(=O)O)cc3C2(C)C)=C(CCCS(=O)(=O)O)c2ccc(S(=O)(=O)O)cc21. The van der Waals surface area contributed by atoms with Crippen LogP contribution in [0.3, 0.4) is 0 Å². The first kappa shape index (κ1) is 44.5. The van der Waals surface area contributed by atoms with Crippen LogP contribution in [0.2, 0.25) is 0 Å². The lowest BCUT2D eigenvalue weighted by atomic mass is 9.74. The number of benzene rings is 2. The van der Waals surface area contributed by atoms with Gasteiger partial charge in [0.15, 0.2) is 0 Å². The average molecular weight is 844 g/mol. The number of hydrogen-bond donors (Lipinski definition) is 5. The highest BCUT2D eigenvalue weighted by Gasteiger charge is 2.42. The van der Waals surface area contributed by atoms with E-state index in [2.05, 4.69) is 0 Å². The maximum absolute atomic E-state index is 12.2. The molecule has 0 fully saturated rings. The molecule has 0 bridgehead atoms. The number of unbranched alkanes of at least 4 members (excludes halogenated alkanes) is 3. The average Bonchev–Trinajstić information content (AvgIpc) is 3.41. The molecule has 0 radical (unpaired) electrons. The van der Waals surface area contributed by atoms with Crippen LogP contribution in [0.15, 0.2) is 87.8 Å². The molecular formula is C37H49NO13S4. The summed E-state index contributed by atoms with van der Waals surface area (Å²) < 4.78 is 133. The first-order chi connectivity index (χ1) is 25.4. The van der Waals surface area contributed by atoms with Crippen LogP contribution in [0, 0.1) is 0 Å². The van der Waals surface area contributed by atoms with E-state index in [4.69, 9.17) is 0 Å². The summed E-state index contributed by atoms with van der Waals surface area (Å²) in [5.74, 6) is -0.980. The molecule has 2 aromatic rings. The quantitative estimate of drug-likeness (QED) is 0.0630. The molecule has 1 atom stereocenters. The molecule has 18 heteroatoms. The number of fused-ring (bicyclic) bond motifs is 2. The predicted octanol–water partition coefficient (Wildman–Crippen LogP) is 5.89. The van der Waals surface area contributed by atoms with Crippen molar-refractivity contribution >= 4 is 51.7 Å². The molecule has 0 aromatic heterocycles. The highest BCUT2D eigenvalue weighted by molar-refractivity contribution is 7.86. The van der Waals surface area contributed by atoms with Crippen molar-refractivity contribution in [2.24, 2.45) is 0 Å². The van der Waals surface area contributed by atoms with E-state index >= 15 is 0 Å². The van der Waals surface area contributed by atoms with Gasteiger partial charge in [0.1, 0.15) is 0 Å².